The van der Waals surface area contributed by atoms with E-state index in [1.165, 1.54) is 12.1 Å². The first-order valence-corrected chi connectivity index (χ1v) is 8.01. The lowest BCUT2D eigenvalue weighted by atomic mass is 9.83. The van der Waals surface area contributed by atoms with Gasteiger partial charge in [0.05, 0.1) is 16.6 Å². The van der Waals surface area contributed by atoms with Crippen LogP contribution in [0.3, 0.4) is 0 Å². The first-order chi connectivity index (χ1) is 11.9. The van der Waals surface area contributed by atoms with E-state index in [4.69, 9.17) is 4.74 Å². The summed E-state index contributed by atoms with van der Waals surface area (Å²) in [5.74, 6) is -1.38. The quantitative estimate of drug-likeness (QED) is 0.496. The lowest BCUT2D eigenvalue weighted by molar-refractivity contribution is -0.385. The molecular formula is C17H19N3O5. The number of hydrogen-bond acceptors (Lipinski definition) is 6. The summed E-state index contributed by atoms with van der Waals surface area (Å²) < 4.78 is 4.91. The molecule has 1 aromatic rings. The van der Waals surface area contributed by atoms with Crippen molar-refractivity contribution in [1.82, 2.24) is 5.32 Å². The molecule has 1 fully saturated rings. The minimum atomic E-state index is -0.898. The molecule has 8 nitrogen and oxygen atoms in total. The summed E-state index contributed by atoms with van der Waals surface area (Å²) in [4.78, 5) is 34.3. The highest BCUT2D eigenvalue weighted by Gasteiger charge is 2.33. The van der Waals surface area contributed by atoms with Gasteiger partial charge in [0.25, 0.3) is 11.6 Å². The molecule has 1 aliphatic rings. The maximum atomic E-state index is 12.0. The van der Waals surface area contributed by atoms with Crippen molar-refractivity contribution in [1.29, 1.82) is 5.26 Å². The fraction of sp³-hybridized carbons (Fsp3) is 0.471. The number of benzene rings is 1. The molecule has 0 spiro atoms. The van der Waals surface area contributed by atoms with Crippen molar-refractivity contribution in [3.63, 3.8) is 0 Å². The predicted molar refractivity (Wildman–Crippen MR) is 87.7 cm³/mol. The highest BCUT2D eigenvalue weighted by atomic mass is 16.6. The minimum Gasteiger partial charge on any atom is -0.452 e. The smallest absolute Gasteiger partial charge is 0.338 e. The van der Waals surface area contributed by atoms with Crippen LogP contribution in [0.25, 0.3) is 0 Å². The van der Waals surface area contributed by atoms with Gasteiger partial charge >= 0.3 is 5.97 Å². The van der Waals surface area contributed by atoms with E-state index in [1.54, 1.807) is 6.92 Å². The second-order valence-electron chi connectivity index (χ2n) is 6.14. The van der Waals surface area contributed by atoms with Gasteiger partial charge in [-0.3, -0.25) is 14.9 Å². The Balaban J connectivity index is 1.95. The zero-order valence-electron chi connectivity index (χ0n) is 13.9. The second kappa shape index (κ2) is 7.75. The summed E-state index contributed by atoms with van der Waals surface area (Å²) in [7, 11) is 0. The fourth-order valence-electron chi connectivity index (χ4n) is 2.87. The Morgan fingerprint density at radius 1 is 1.36 bits per heavy atom. The van der Waals surface area contributed by atoms with Crippen LogP contribution in [0.4, 0.5) is 5.69 Å². The number of carbonyl (C=O) groups is 2. The number of ether oxygens (including phenoxy) is 1. The maximum Gasteiger partial charge on any atom is 0.338 e. The third-order valence-corrected chi connectivity index (χ3v) is 4.28. The molecule has 0 aromatic heterocycles. The summed E-state index contributed by atoms with van der Waals surface area (Å²) in [5, 5.41) is 22.9. The minimum absolute atomic E-state index is 0.00207. The molecule has 0 unspecified atom stereocenters. The highest BCUT2D eigenvalue weighted by molar-refractivity contribution is 5.92. The van der Waals surface area contributed by atoms with Crippen LogP contribution >= 0.6 is 0 Å². The molecule has 1 saturated carbocycles. The largest absolute Gasteiger partial charge is 0.452 e. The van der Waals surface area contributed by atoms with Crippen LogP contribution < -0.4 is 5.32 Å². The Bertz CT molecular complexity index is 732. The average molecular weight is 345 g/mol. The molecule has 0 atom stereocenters. The number of nitrogens with zero attached hydrogens (tertiary/aromatic N) is 2. The number of nitriles is 1. The molecule has 132 valence electrons. The normalized spacial score (nSPS) is 15.7. The molecular weight excluding hydrogens is 326 g/mol. The molecule has 1 aliphatic carbocycles. The van der Waals surface area contributed by atoms with Crippen LogP contribution in [-0.4, -0.2) is 28.9 Å². The Labute approximate surface area is 144 Å². The molecule has 1 aromatic carbocycles. The third kappa shape index (κ3) is 4.53. The lowest BCUT2D eigenvalue weighted by Crippen LogP contribution is -2.50. The predicted octanol–water partition coefficient (Wildman–Crippen LogP) is 2.40. The van der Waals surface area contributed by atoms with E-state index < -0.39 is 28.9 Å². The van der Waals surface area contributed by atoms with E-state index in [9.17, 15) is 25.0 Å². The third-order valence-electron chi connectivity index (χ3n) is 4.28. The van der Waals surface area contributed by atoms with Gasteiger partial charge in [0.15, 0.2) is 6.61 Å². The topological polar surface area (TPSA) is 122 Å². The van der Waals surface area contributed by atoms with Crippen molar-refractivity contribution in [3.8, 4) is 6.07 Å². The van der Waals surface area contributed by atoms with Gasteiger partial charge < -0.3 is 10.1 Å². The van der Waals surface area contributed by atoms with Crippen LogP contribution in [0.1, 0.15) is 48.0 Å². The molecule has 0 bridgehead atoms. The van der Waals surface area contributed by atoms with Gasteiger partial charge in [-0.05, 0) is 25.8 Å². The summed E-state index contributed by atoms with van der Waals surface area (Å²) in [5.41, 5.74) is -0.667. The van der Waals surface area contributed by atoms with Gasteiger partial charge in [-0.15, -0.1) is 0 Å². The molecule has 2 rings (SSSR count). The number of carbonyl (C=O) groups excluding carboxylic acids is 2. The summed E-state index contributed by atoms with van der Waals surface area (Å²) in [6.45, 7) is 1.02. The highest BCUT2D eigenvalue weighted by Crippen LogP contribution is 2.27. The van der Waals surface area contributed by atoms with Crippen molar-refractivity contribution in [3.05, 3.63) is 39.4 Å². The number of hydrogen-bond donors (Lipinski definition) is 1. The number of nitro groups is 1. The Morgan fingerprint density at radius 2 is 2.04 bits per heavy atom. The van der Waals surface area contributed by atoms with Crippen LogP contribution in [0.15, 0.2) is 18.2 Å². The first kappa shape index (κ1) is 18.4. The van der Waals surface area contributed by atoms with E-state index in [-0.39, 0.29) is 11.3 Å². The standard InChI is InChI=1S/C17H19N3O5/c1-12-5-6-13(9-14(12)20(23)24)16(22)25-10-15(21)19-17(11-18)7-3-2-4-8-17/h5-6,9H,2-4,7-8,10H2,1H3,(H,19,21). The zero-order chi connectivity index (χ0) is 18.4. The number of aryl methyl sites for hydroxylation is 1. The second-order valence-corrected chi connectivity index (χ2v) is 6.14. The van der Waals surface area contributed by atoms with E-state index in [2.05, 4.69) is 11.4 Å². The zero-order valence-corrected chi connectivity index (χ0v) is 13.9. The van der Waals surface area contributed by atoms with Gasteiger partial charge in [-0.1, -0.05) is 25.3 Å². The summed E-state index contributed by atoms with van der Waals surface area (Å²) in [6, 6.07) is 6.11. The monoisotopic (exact) mass is 345 g/mol. The molecule has 0 aliphatic heterocycles. The van der Waals surface area contributed by atoms with Crippen molar-refractivity contribution < 1.29 is 19.2 Å². The van der Waals surface area contributed by atoms with E-state index in [0.29, 0.717) is 18.4 Å². The van der Waals surface area contributed by atoms with E-state index >= 15 is 0 Å². The van der Waals surface area contributed by atoms with E-state index in [0.717, 1.165) is 25.3 Å². The Hall–Kier alpha value is -2.95. The molecule has 0 saturated heterocycles. The van der Waals surface area contributed by atoms with Gasteiger partial charge in [-0.25, -0.2) is 4.79 Å². The molecule has 1 amide bonds. The SMILES string of the molecule is Cc1ccc(C(=O)OCC(=O)NC2(C#N)CCCCC2)cc1[N+](=O)[O-]. The van der Waals surface area contributed by atoms with Crippen LogP contribution in [-0.2, 0) is 9.53 Å². The summed E-state index contributed by atoms with van der Waals surface area (Å²) >= 11 is 0. The van der Waals surface area contributed by atoms with Crippen molar-refractivity contribution >= 4 is 17.6 Å². The van der Waals surface area contributed by atoms with Crippen molar-refractivity contribution in [2.45, 2.75) is 44.6 Å². The maximum absolute atomic E-state index is 12.0. The lowest BCUT2D eigenvalue weighted by Gasteiger charge is -2.31. The average Bonchev–Trinajstić information content (AvgIpc) is 2.60. The van der Waals surface area contributed by atoms with Crippen LogP contribution in [0.5, 0.6) is 0 Å². The van der Waals surface area contributed by atoms with Crippen molar-refractivity contribution in [2.24, 2.45) is 0 Å². The van der Waals surface area contributed by atoms with Crippen LogP contribution in [0, 0.1) is 28.4 Å². The number of rotatable bonds is 5. The number of amides is 1. The summed E-state index contributed by atoms with van der Waals surface area (Å²) in [6.07, 6.45) is 3.91. The van der Waals surface area contributed by atoms with Gasteiger partial charge in [0.2, 0.25) is 0 Å². The Morgan fingerprint density at radius 3 is 2.64 bits per heavy atom. The van der Waals surface area contributed by atoms with Gasteiger partial charge in [-0.2, -0.15) is 5.26 Å². The van der Waals surface area contributed by atoms with Crippen LogP contribution in [0.2, 0.25) is 0 Å². The molecule has 0 heterocycles. The molecule has 25 heavy (non-hydrogen) atoms. The number of nitro benzene ring substituents is 1. The van der Waals surface area contributed by atoms with Gasteiger partial charge in [0.1, 0.15) is 5.54 Å². The fourth-order valence-corrected chi connectivity index (χ4v) is 2.87. The Kier molecular flexibility index (Phi) is 5.70. The molecule has 8 heteroatoms. The molecule has 0 radical (unpaired) electrons. The van der Waals surface area contributed by atoms with Gasteiger partial charge in [0, 0.05) is 11.6 Å². The first-order valence-electron chi connectivity index (χ1n) is 8.01. The number of nitrogens with one attached hydrogen (secondary N) is 1. The van der Waals surface area contributed by atoms with Crippen molar-refractivity contribution in [2.75, 3.05) is 6.61 Å². The molecule has 1 N–H and O–H groups in total. The van der Waals surface area contributed by atoms with E-state index in [1.807, 2.05) is 0 Å². The number of esters is 1.